The average molecular weight is 343 g/mol. The number of nitrogens with one attached hydrogen (secondary N) is 1. The predicted octanol–water partition coefficient (Wildman–Crippen LogP) is 2.39. The van der Waals surface area contributed by atoms with Gasteiger partial charge >= 0.3 is 0 Å². The molecule has 0 spiro atoms. The fourth-order valence-electron chi connectivity index (χ4n) is 3.06. The van der Waals surface area contributed by atoms with Crippen LogP contribution in [0.3, 0.4) is 0 Å². The number of amides is 1. The molecule has 3 rings (SSSR count). The minimum Gasteiger partial charge on any atom is -0.348 e. The Hall–Kier alpha value is -2.14. The zero-order chi connectivity index (χ0) is 17.0. The third kappa shape index (κ3) is 4.23. The van der Waals surface area contributed by atoms with Gasteiger partial charge in [0, 0.05) is 11.6 Å². The molecule has 24 heavy (non-hydrogen) atoms. The Labute approximate surface area is 142 Å². The van der Waals surface area contributed by atoms with E-state index in [1.54, 1.807) is 6.07 Å². The maximum Gasteiger partial charge on any atom is 0.251 e. The van der Waals surface area contributed by atoms with Crippen molar-refractivity contribution < 1.29 is 13.2 Å². The second-order valence-electron chi connectivity index (χ2n) is 6.22. The molecule has 0 bridgehead atoms. The highest BCUT2D eigenvalue weighted by atomic mass is 32.2. The van der Waals surface area contributed by atoms with Gasteiger partial charge in [-0.3, -0.25) is 4.79 Å². The molecule has 1 atom stereocenters. The largest absolute Gasteiger partial charge is 0.348 e. The summed E-state index contributed by atoms with van der Waals surface area (Å²) in [5.41, 5.74) is 2.85. The Bertz CT molecular complexity index is 816. The van der Waals surface area contributed by atoms with Crippen molar-refractivity contribution in [2.24, 2.45) is 0 Å². The van der Waals surface area contributed by atoms with E-state index in [0.29, 0.717) is 12.0 Å². The Kier molecular flexibility index (Phi) is 5.00. The summed E-state index contributed by atoms with van der Waals surface area (Å²) in [6.45, 7) is 0. The Morgan fingerprint density at radius 2 is 1.71 bits per heavy atom. The Morgan fingerprint density at radius 1 is 1.00 bits per heavy atom. The summed E-state index contributed by atoms with van der Waals surface area (Å²) in [6, 6.07) is 17.4. The maximum absolute atomic E-state index is 12.5. The summed E-state index contributed by atoms with van der Waals surface area (Å²) < 4.78 is 23.1. The van der Waals surface area contributed by atoms with Crippen LogP contribution in [0.5, 0.6) is 0 Å². The number of carbonyl (C=O) groups excluding carboxylic acids is 1. The summed E-state index contributed by atoms with van der Waals surface area (Å²) in [5, 5.41) is 2.87. The van der Waals surface area contributed by atoms with Crippen LogP contribution in [-0.4, -0.2) is 31.9 Å². The highest BCUT2D eigenvalue weighted by molar-refractivity contribution is 7.91. The average Bonchev–Trinajstić information content (AvgIpc) is 2.92. The van der Waals surface area contributed by atoms with Crippen molar-refractivity contribution in [3.05, 3.63) is 71.3 Å². The van der Waals surface area contributed by atoms with E-state index in [0.717, 1.165) is 18.4 Å². The third-order valence-electron chi connectivity index (χ3n) is 4.36. The molecule has 1 N–H and O–H groups in total. The highest BCUT2D eigenvalue weighted by Crippen LogP contribution is 2.16. The normalized spacial score (nSPS) is 19.1. The monoisotopic (exact) mass is 343 g/mol. The zero-order valence-corrected chi connectivity index (χ0v) is 14.3. The summed E-state index contributed by atoms with van der Waals surface area (Å²) in [6.07, 6.45) is 2.14. The SMILES string of the molecule is O=C(N[C@H]1CCS(=O)(=O)C1)c1ccccc1CCc1ccccc1. The van der Waals surface area contributed by atoms with Crippen LogP contribution < -0.4 is 5.32 Å². The molecule has 0 aliphatic carbocycles. The van der Waals surface area contributed by atoms with Gasteiger partial charge < -0.3 is 5.32 Å². The van der Waals surface area contributed by atoms with Crippen molar-refractivity contribution in [3.8, 4) is 0 Å². The van der Waals surface area contributed by atoms with E-state index in [9.17, 15) is 13.2 Å². The minimum absolute atomic E-state index is 0.0465. The fraction of sp³-hybridized carbons (Fsp3) is 0.316. The van der Waals surface area contributed by atoms with Crippen molar-refractivity contribution in [1.29, 1.82) is 0 Å². The quantitative estimate of drug-likeness (QED) is 0.907. The molecule has 1 fully saturated rings. The van der Waals surface area contributed by atoms with Crippen molar-refractivity contribution in [2.75, 3.05) is 11.5 Å². The molecule has 2 aromatic carbocycles. The van der Waals surface area contributed by atoms with Crippen LogP contribution in [0.1, 0.15) is 27.9 Å². The van der Waals surface area contributed by atoms with Crippen molar-refractivity contribution in [1.82, 2.24) is 5.32 Å². The van der Waals surface area contributed by atoms with Gasteiger partial charge in [-0.25, -0.2) is 8.42 Å². The molecule has 1 saturated heterocycles. The second-order valence-corrected chi connectivity index (χ2v) is 8.44. The molecule has 0 radical (unpaired) electrons. The molecule has 0 aromatic heterocycles. The van der Waals surface area contributed by atoms with Crippen LogP contribution in [-0.2, 0) is 22.7 Å². The van der Waals surface area contributed by atoms with Gasteiger partial charge in [0.2, 0.25) is 0 Å². The van der Waals surface area contributed by atoms with Crippen molar-refractivity contribution >= 4 is 15.7 Å². The first-order valence-corrected chi connectivity index (χ1v) is 9.99. The summed E-state index contributed by atoms with van der Waals surface area (Å²) in [4.78, 5) is 12.5. The first-order chi connectivity index (χ1) is 11.5. The van der Waals surface area contributed by atoms with E-state index in [-0.39, 0.29) is 23.5 Å². The van der Waals surface area contributed by atoms with E-state index in [1.165, 1.54) is 5.56 Å². The van der Waals surface area contributed by atoms with Crippen molar-refractivity contribution in [3.63, 3.8) is 0 Å². The van der Waals surface area contributed by atoms with E-state index < -0.39 is 9.84 Å². The molecule has 0 saturated carbocycles. The molecule has 126 valence electrons. The van der Waals surface area contributed by atoms with Gasteiger partial charge in [0.05, 0.1) is 11.5 Å². The van der Waals surface area contributed by atoms with E-state index in [4.69, 9.17) is 0 Å². The topological polar surface area (TPSA) is 63.2 Å². The van der Waals surface area contributed by atoms with Crippen LogP contribution in [0, 0.1) is 0 Å². The van der Waals surface area contributed by atoms with Crippen LogP contribution >= 0.6 is 0 Å². The molecule has 2 aromatic rings. The van der Waals surface area contributed by atoms with Crippen LogP contribution in [0.2, 0.25) is 0 Å². The number of hydrogen-bond donors (Lipinski definition) is 1. The second kappa shape index (κ2) is 7.18. The van der Waals surface area contributed by atoms with E-state index in [1.807, 2.05) is 36.4 Å². The van der Waals surface area contributed by atoms with E-state index >= 15 is 0 Å². The molecule has 1 aliphatic rings. The zero-order valence-electron chi connectivity index (χ0n) is 13.4. The molecular formula is C19H21NO3S. The molecule has 5 heteroatoms. The van der Waals surface area contributed by atoms with Crippen molar-refractivity contribution in [2.45, 2.75) is 25.3 Å². The molecule has 4 nitrogen and oxygen atoms in total. The molecular weight excluding hydrogens is 322 g/mol. The summed E-state index contributed by atoms with van der Waals surface area (Å²) in [7, 11) is -2.99. The molecule has 1 heterocycles. The van der Waals surface area contributed by atoms with Gasteiger partial charge in [-0.1, -0.05) is 48.5 Å². The van der Waals surface area contributed by atoms with Gasteiger partial charge in [-0.2, -0.15) is 0 Å². The summed E-state index contributed by atoms with van der Waals surface area (Å²) >= 11 is 0. The van der Waals surface area contributed by atoms with Gasteiger partial charge in [0.1, 0.15) is 0 Å². The smallest absolute Gasteiger partial charge is 0.251 e. The minimum atomic E-state index is -2.99. The number of sulfone groups is 1. The Morgan fingerprint density at radius 3 is 2.42 bits per heavy atom. The van der Waals surface area contributed by atoms with Crippen LogP contribution in [0.25, 0.3) is 0 Å². The predicted molar refractivity (Wildman–Crippen MR) is 94.8 cm³/mol. The maximum atomic E-state index is 12.5. The number of hydrogen-bond acceptors (Lipinski definition) is 3. The van der Waals surface area contributed by atoms with E-state index in [2.05, 4.69) is 17.4 Å². The van der Waals surface area contributed by atoms with Crippen LogP contribution in [0.15, 0.2) is 54.6 Å². The number of rotatable bonds is 5. The van der Waals surface area contributed by atoms with Gasteiger partial charge in [-0.15, -0.1) is 0 Å². The first kappa shape index (κ1) is 16.7. The highest BCUT2D eigenvalue weighted by Gasteiger charge is 2.29. The Balaban J connectivity index is 1.68. The van der Waals surface area contributed by atoms with Gasteiger partial charge in [-0.05, 0) is 36.5 Å². The lowest BCUT2D eigenvalue weighted by Crippen LogP contribution is -2.36. The van der Waals surface area contributed by atoms with Gasteiger partial charge in [0.15, 0.2) is 9.84 Å². The fourth-order valence-corrected chi connectivity index (χ4v) is 4.73. The third-order valence-corrected chi connectivity index (χ3v) is 6.12. The molecule has 0 unspecified atom stereocenters. The number of benzene rings is 2. The molecule has 1 aliphatic heterocycles. The first-order valence-electron chi connectivity index (χ1n) is 8.17. The standard InChI is InChI=1S/C19H21NO3S/c21-19(20-17-12-13-24(22,23)14-17)18-9-5-4-8-16(18)11-10-15-6-2-1-3-7-15/h1-9,17H,10-14H2,(H,20,21)/t17-/m0/s1. The molecule has 1 amide bonds. The lowest BCUT2D eigenvalue weighted by atomic mass is 9.99. The summed E-state index contributed by atoms with van der Waals surface area (Å²) in [5.74, 6) is 0.0270. The lowest BCUT2D eigenvalue weighted by Gasteiger charge is -2.14. The number of carbonyl (C=O) groups is 1. The number of aryl methyl sites for hydroxylation is 2. The van der Waals surface area contributed by atoms with Gasteiger partial charge in [0.25, 0.3) is 5.91 Å². The van der Waals surface area contributed by atoms with Crippen LogP contribution in [0.4, 0.5) is 0 Å². The lowest BCUT2D eigenvalue weighted by molar-refractivity contribution is 0.0940.